The van der Waals surface area contributed by atoms with E-state index in [0.717, 1.165) is 31.8 Å². The highest BCUT2D eigenvalue weighted by Gasteiger charge is 2.28. The second kappa shape index (κ2) is 5.59. The highest BCUT2D eigenvalue weighted by atomic mass is 16.5. The molecule has 6 heteroatoms. The molecule has 0 bridgehead atoms. The molecule has 2 aromatic rings. The molecule has 3 rings (SSSR count). The molecule has 6 nitrogen and oxygen atoms in total. The summed E-state index contributed by atoms with van der Waals surface area (Å²) < 4.78 is 7.40. The minimum absolute atomic E-state index is 0.0359. The molecule has 0 radical (unpaired) electrons. The van der Waals surface area contributed by atoms with Crippen molar-refractivity contribution in [1.29, 1.82) is 0 Å². The molecule has 0 unspecified atom stereocenters. The lowest BCUT2D eigenvalue weighted by molar-refractivity contribution is 0.0691. The summed E-state index contributed by atoms with van der Waals surface area (Å²) in [4.78, 5) is 18.9. The van der Waals surface area contributed by atoms with Crippen molar-refractivity contribution in [3.05, 3.63) is 34.7 Å². The van der Waals surface area contributed by atoms with Gasteiger partial charge in [-0.05, 0) is 40.5 Å². The lowest BCUT2D eigenvalue weighted by atomic mass is 10.0. The van der Waals surface area contributed by atoms with Gasteiger partial charge in [0.05, 0.1) is 5.69 Å². The lowest BCUT2D eigenvalue weighted by Crippen LogP contribution is -2.39. The van der Waals surface area contributed by atoms with Crippen molar-refractivity contribution in [2.24, 2.45) is 0 Å². The SMILES string of the molecule is Cc1noc(C)c1C(=O)N1CCC(n2c(C)cnc2C)CC1. The van der Waals surface area contributed by atoms with Crippen molar-refractivity contribution >= 4 is 5.91 Å². The van der Waals surface area contributed by atoms with E-state index < -0.39 is 0 Å². The van der Waals surface area contributed by atoms with Crippen LogP contribution in [0.1, 0.15) is 52.2 Å². The molecule has 22 heavy (non-hydrogen) atoms. The quantitative estimate of drug-likeness (QED) is 0.855. The smallest absolute Gasteiger partial charge is 0.259 e. The van der Waals surface area contributed by atoms with Gasteiger partial charge in [0, 0.05) is 31.0 Å². The third-order valence-corrected chi connectivity index (χ3v) is 4.53. The van der Waals surface area contributed by atoms with E-state index in [9.17, 15) is 4.79 Å². The van der Waals surface area contributed by atoms with E-state index in [1.54, 1.807) is 6.92 Å². The van der Waals surface area contributed by atoms with E-state index in [2.05, 4.69) is 21.6 Å². The second-order valence-corrected chi connectivity index (χ2v) is 6.04. The first-order valence-corrected chi connectivity index (χ1v) is 7.71. The maximum Gasteiger partial charge on any atom is 0.259 e. The molecule has 0 aliphatic carbocycles. The highest BCUT2D eigenvalue weighted by Crippen LogP contribution is 2.27. The Labute approximate surface area is 130 Å². The maximum absolute atomic E-state index is 12.6. The van der Waals surface area contributed by atoms with E-state index in [1.807, 2.05) is 24.9 Å². The van der Waals surface area contributed by atoms with Gasteiger partial charge < -0.3 is 14.0 Å². The fraction of sp³-hybridized carbons (Fsp3) is 0.562. The van der Waals surface area contributed by atoms with E-state index >= 15 is 0 Å². The summed E-state index contributed by atoms with van der Waals surface area (Å²) in [7, 11) is 0. The number of hydrogen-bond acceptors (Lipinski definition) is 4. The van der Waals surface area contributed by atoms with E-state index in [1.165, 1.54) is 5.69 Å². The van der Waals surface area contributed by atoms with Gasteiger partial charge in [-0.3, -0.25) is 4.79 Å². The zero-order valence-electron chi connectivity index (χ0n) is 13.6. The van der Waals surface area contributed by atoms with Gasteiger partial charge in [0.2, 0.25) is 0 Å². The molecule has 1 fully saturated rings. The van der Waals surface area contributed by atoms with Crippen molar-refractivity contribution in [1.82, 2.24) is 19.6 Å². The number of carbonyl (C=O) groups excluding carboxylic acids is 1. The molecule has 118 valence electrons. The van der Waals surface area contributed by atoms with Gasteiger partial charge in [0.1, 0.15) is 17.1 Å². The first kappa shape index (κ1) is 14.8. The summed E-state index contributed by atoms with van der Waals surface area (Å²) in [6, 6.07) is 0.427. The third-order valence-electron chi connectivity index (χ3n) is 4.53. The molecule has 1 aliphatic heterocycles. The van der Waals surface area contributed by atoms with Gasteiger partial charge in [-0.2, -0.15) is 0 Å². The Morgan fingerprint density at radius 3 is 2.41 bits per heavy atom. The average molecular weight is 302 g/mol. The standard InChI is InChI=1S/C16H22N4O2/c1-10-9-17-13(4)20(10)14-5-7-19(8-6-14)16(21)15-11(2)18-22-12(15)3/h9,14H,5-8H2,1-4H3. The molecule has 0 spiro atoms. The zero-order chi connectivity index (χ0) is 15.9. The van der Waals surface area contributed by atoms with Crippen molar-refractivity contribution in [2.45, 2.75) is 46.6 Å². The fourth-order valence-electron chi connectivity index (χ4n) is 3.39. The molecule has 1 aliphatic rings. The van der Waals surface area contributed by atoms with Crippen LogP contribution < -0.4 is 0 Å². The topological polar surface area (TPSA) is 64.2 Å². The minimum atomic E-state index is 0.0359. The molecular formula is C16H22N4O2. The van der Waals surface area contributed by atoms with Crippen molar-refractivity contribution in [3.63, 3.8) is 0 Å². The number of nitrogens with zero attached hydrogens (tertiary/aromatic N) is 4. The summed E-state index contributed by atoms with van der Waals surface area (Å²) >= 11 is 0. The summed E-state index contributed by atoms with van der Waals surface area (Å²) in [6.45, 7) is 9.23. The number of rotatable bonds is 2. The summed E-state index contributed by atoms with van der Waals surface area (Å²) in [5.74, 6) is 1.69. The fourth-order valence-corrected chi connectivity index (χ4v) is 3.39. The monoisotopic (exact) mass is 302 g/mol. The maximum atomic E-state index is 12.6. The van der Waals surface area contributed by atoms with Crippen LogP contribution in [-0.2, 0) is 0 Å². The van der Waals surface area contributed by atoms with Gasteiger partial charge in [-0.15, -0.1) is 0 Å². The predicted octanol–water partition coefficient (Wildman–Crippen LogP) is 2.58. The molecule has 0 aromatic carbocycles. The van der Waals surface area contributed by atoms with Crippen molar-refractivity contribution in [2.75, 3.05) is 13.1 Å². The largest absolute Gasteiger partial charge is 0.361 e. The van der Waals surface area contributed by atoms with Crippen LogP contribution in [0.15, 0.2) is 10.7 Å². The Balaban J connectivity index is 1.71. The Hall–Kier alpha value is -2.11. The Morgan fingerprint density at radius 1 is 1.23 bits per heavy atom. The van der Waals surface area contributed by atoms with Crippen LogP contribution in [0.5, 0.6) is 0 Å². The molecule has 1 saturated heterocycles. The van der Waals surface area contributed by atoms with Crippen LogP contribution in [0.3, 0.4) is 0 Å². The van der Waals surface area contributed by atoms with Crippen molar-refractivity contribution in [3.8, 4) is 0 Å². The van der Waals surface area contributed by atoms with Crippen LogP contribution in [0, 0.1) is 27.7 Å². The van der Waals surface area contributed by atoms with Crippen LogP contribution in [0.4, 0.5) is 0 Å². The van der Waals surface area contributed by atoms with Gasteiger partial charge in [-0.25, -0.2) is 4.98 Å². The molecule has 0 saturated carbocycles. The zero-order valence-corrected chi connectivity index (χ0v) is 13.6. The van der Waals surface area contributed by atoms with Crippen molar-refractivity contribution < 1.29 is 9.32 Å². The third kappa shape index (κ3) is 2.42. The first-order valence-electron chi connectivity index (χ1n) is 7.71. The minimum Gasteiger partial charge on any atom is -0.361 e. The molecular weight excluding hydrogens is 280 g/mol. The van der Waals surface area contributed by atoms with Crippen LogP contribution >= 0.6 is 0 Å². The molecule has 1 amide bonds. The van der Waals surface area contributed by atoms with Gasteiger partial charge in [0.15, 0.2) is 0 Å². The number of aromatic nitrogens is 3. The van der Waals surface area contributed by atoms with Crippen LogP contribution in [-0.4, -0.2) is 38.6 Å². The lowest BCUT2D eigenvalue weighted by Gasteiger charge is -2.33. The Kier molecular flexibility index (Phi) is 3.76. The second-order valence-electron chi connectivity index (χ2n) is 6.04. The Bertz CT molecular complexity index is 654. The number of hydrogen-bond donors (Lipinski definition) is 0. The molecule has 0 N–H and O–H groups in total. The summed E-state index contributed by atoms with van der Waals surface area (Å²) in [5.41, 5.74) is 2.48. The summed E-state index contributed by atoms with van der Waals surface area (Å²) in [6.07, 6.45) is 3.82. The Morgan fingerprint density at radius 2 is 1.91 bits per heavy atom. The molecule has 2 aromatic heterocycles. The summed E-state index contributed by atoms with van der Waals surface area (Å²) in [5, 5.41) is 3.88. The number of piperidine rings is 1. The average Bonchev–Trinajstić information content (AvgIpc) is 3.01. The van der Waals surface area contributed by atoms with Crippen LogP contribution in [0.25, 0.3) is 0 Å². The number of amides is 1. The van der Waals surface area contributed by atoms with Crippen LogP contribution in [0.2, 0.25) is 0 Å². The van der Waals surface area contributed by atoms with E-state index in [0.29, 0.717) is 23.1 Å². The van der Waals surface area contributed by atoms with Gasteiger partial charge in [-0.1, -0.05) is 5.16 Å². The van der Waals surface area contributed by atoms with Gasteiger partial charge >= 0.3 is 0 Å². The van der Waals surface area contributed by atoms with Gasteiger partial charge in [0.25, 0.3) is 5.91 Å². The number of likely N-dealkylation sites (tertiary alicyclic amines) is 1. The molecule has 3 heterocycles. The normalized spacial score (nSPS) is 16.3. The van der Waals surface area contributed by atoms with E-state index in [-0.39, 0.29) is 5.91 Å². The predicted molar refractivity (Wildman–Crippen MR) is 81.9 cm³/mol. The highest BCUT2D eigenvalue weighted by molar-refractivity contribution is 5.96. The number of imidazole rings is 1. The number of aryl methyl sites for hydroxylation is 4. The first-order chi connectivity index (χ1) is 10.5. The molecule has 0 atom stereocenters. The van der Waals surface area contributed by atoms with E-state index in [4.69, 9.17) is 4.52 Å². The number of carbonyl (C=O) groups is 1.